The van der Waals surface area contributed by atoms with Crippen molar-refractivity contribution in [1.82, 2.24) is 14.6 Å². The van der Waals surface area contributed by atoms with Crippen molar-refractivity contribution < 1.29 is 18.3 Å². The number of amides is 1. The second-order valence-electron chi connectivity index (χ2n) is 6.26. The first-order valence-corrected chi connectivity index (χ1v) is 9.46. The molecule has 1 fully saturated rings. The number of aromatic nitrogens is 1. The van der Waals surface area contributed by atoms with Crippen LogP contribution in [0, 0.1) is 0 Å². The topological polar surface area (TPSA) is 94.6 Å². The molecule has 0 radical (unpaired) electrons. The van der Waals surface area contributed by atoms with Crippen molar-refractivity contribution in [2.45, 2.75) is 16.9 Å². The normalized spacial score (nSPS) is 28.3. The number of pyridine rings is 1. The number of likely N-dealkylation sites (tertiary alicyclic amines) is 1. The fraction of sp³-hybridized carbons (Fsp3) is 0.294. The first-order chi connectivity index (χ1) is 12.0. The average Bonchev–Trinajstić information content (AvgIpc) is 3.00. The van der Waals surface area contributed by atoms with E-state index < -0.39 is 16.0 Å². The van der Waals surface area contributed by atoms with Crippen LogP contribution in [0.2, 0.25) is 0 Å². The monoisotopic (exact) mass is 359 g/mol. The summed E-state index contributed by atoms with van der Waals surface area (Å²) in [4.78, 5) is 18.4. The van der Waals surface area contributed by atoms with Crippen molar-refractivity contribution in [2.24, 2.45) is 0 Å². The van der Waals surface area contributed by atoms with Gasteiger partial charge >= 0.3 is 0 Å². The number of sulfonamides is 1. The molecule has 1 N–H and O–H groups in total. The minimum Gasteiger partial charge on any atom is -0.593 e. The zero-order valence-corrected chi connectivity index (χ0v) is 14.2. The maximum Gasteiger partial charge on any atom is 0.272 e. The summed E-state index contributed by atoms with van der Waals surface area (Å²) in [6, 6.07) is 12.0. The zero-order chi connectivity index (χ0) is 17.5. The van der Waals surface area contributed by atoms with E-state index in [9.17, 15) is 13.6 Å². The largest absolute Gasteiger partial charge is 0.593 e. The molecule has 2 aromatic rings. The maximum atomic E-state index is 12.6. The van der Waals surface area contributed by atoms with Crippen LogP contribution in [-0.2, 0) is 14.6 Å². The molecule has 7 nitrogen and oxygen atoms in total. The van der Waals surface area contributed by atoms with Crippen LogP contribution in [0.3, 0.4) is 0 Å². The highest BCUT2D eigenvalue weighted by Crippen LogP contribution is 2.35. The third-order valence-electron chi connectivity index (χ3n) is 4.55. The first-order valence-electron chi connectivity index (χ1n) is 7.97. The van der Waals surface area contributed by atoms with Gasteiger partial charge in [-0.2, -0.15) is 0 Å². The Morgan fingerprint density at radius 1 is 1.28 bits per heavy atom. The van der Waals surface area contributed by atoms with E-state index >= 15 is 0 Å². The van der Waals surface area contributed by atoms with Gasteiger partial charge in [0.1, 0.15) is 5.60 Å². The van der Waals surface area contributed by atoms with Gasteiger partial charge in [0.15, 0.2) is 10.4 Å². The SMILES string of the molecule is O=C(c1ccccc1)N1CCC2(CN[S+](=O)([O-])c3cccnc3O2)C1. The number of benzene rings is 1. The van der Waals surface area contributed by atoms with Crippen molar-refractivity contribution in [1.29, 1.82) is 0 Å². The number of hydrogen-bond donors (Lipinski definition) is 1. The Morgan fingerprint density at radius 3 is 2.88 bits per heavy atom. The highest BCUT2D eigenvalue weighted by Gasteiger charge is 2.47. The Kier molecular flexibility index (Phi) is 3.82. The van der Waals surface area contributed by atoms with Gasteiger partial charge < -0.3 is 14.2 Å². The van der Waals surface area contributed by atoms with Crippen molar-refractivity contribution in [3.05, 3.63) is 54.2 Å². The molecular formula is C17H17N3O4S. The molecule has 0 aliphatic carbocycles. The summed E-state index contributed by atoms with van der Waals surface area (Å²) in [6.07, 6.45) is 2.03. The first kappa shape index (κ1) is 16.2. The van der Waals surface area contributed by atoms with Crippen LogP contribution in [0.25, 0.3) is 0 Å². The standard InChI is InChI=1S/C17H17N3O4S/c21-16(13-5-2-1-3-6-13)20-10-8-17(12-20)11-19-25(22,23)14-7-4-9-18-15(14)24-17/h1-7,9H,8,10-12H2,(H-,19,22,23). The van der Waals surface area contributed by atoms with Crippen LogP contribution in [0.4, 0.5) is 0 Å². The smallest absolute Gasteiger partial charge is 0.272 e. The lowest BCUT2D eigenvalue weighted by atomic mass is 10.0. The molecule has 0 bridgehead atoms. The predicted octanol–water partition coefficient (Wildman–Crippen LogP) is 1.25. The lowest BCUT2D eigenvalue weighted by Gasteiger charge is -2.27. The Labute approximate surface area is 146 Å². The second kappa shape index (κ2) is 5.91. The molecule has 8 heteroatoms. The highest BCUT2D eigenvalue weighted by molar-refractivity contribution is 7.95. The summed E-state index contributed by atoms with van der Waals surface area (Å²) in [5.74, 6) is -0.00377. The molecule has 1 aromatic carbocycles. The molecule has 2 atom stereocenters. The molecular weight excluding hydrogens is 342 g/mol. The molecule has 1 aromatic heterocycles. The van der Waals surface area contributed by atoms with E-state index in [1.165, 1.54) is 12.3 Å². The van der Waals surface area contributed by atoms with E-state index in [2.05, 4.69) is 9.71 Å². The molecule has 3 heterocycles. The molecule has 2 aliphatic heterocycles. The summed E-state index contributed by atoms with van der Waals surface area (Å²) < 4.78 is 33.3. The Bertz CT molecular complexity index is 860. The third kappa shape index (κ3) is 2.92. The number of fused-ring (bicyclic) bond motifs is 1. The Hall–Kier alpha value is -2.29. The van der Waals surface area contributed by atoms with Gasteiger partial charge in [-0.15, -0.1) is 4.72 Å². The maximum absolute atomic E-state index is 12.6. The Morgan fingerprint density at radius 2 is 2.08 bits per heavy atom. The van der Waals surface area contributed by atoms with Crippen molar-refractivity contribution in [3.8, 4) is 5.88 Å². The molecule has 1 saturated heterocycles. The van der Waals surface area contributed by atoms with E-state index in [1.54, 1.807) is 23.1 Å². The summed E-state index contributed by atoms with van der Waals surface area (Å²) in [6.45, 7) is 0.904. The number of nitrogens with zero attached hydrogens (tertiary/aromatic N) is 2. The van der Waals surface area contributed by atoms with Gasteiger partial charge in [-0.25, -0.2) is 4.98 Å². The Balaban J connectivity index is 1.60. The van der Waals surface area contributed by atoms with E-state index in [0.717, 1.165) is 0 Å². The van der Waals surface area contributed by atoms with Crippen LogP contribution in [-0.4, -0.2) is 45.6 Å². The minimum absolute atomic E-state index is 0.0275. The lowest BCUT2D eigenvalue weighted by molar-refractivity contribution is 0.0612. The van der Waals surface area contributed by atoms with Crippen LogP contribution in [0.1, 0.15) is 16.8 Å². The molecule has 25 heavy (non-hydrogen) atoms. The molecule has 4 rings (SSSR count). The van der Waals surface area contributed by atoms with Crippen molar-refractivity contribution in [3.63, 3.8) is 0 Å². The zero-order valence-electron chi connectivity index (χ0n) is 13.4. The molecule has 130 valence electrons. The molecule has 1 spiro atoms. The fourth-order valence-corrected chi connectivity index (χ4v) is 4.40. The molecule has 1 amide bonds. The third-order valence-corrected chi connectivity index (χ3v) is 5.96. The number of rotatable bonds is 1. The number of nitrogens with one attached hydrogen (secondary N) is 1. The molecule has 2 aliphatic rings. The van der Waals surface area contributed by atoms with E-state index in [4.69, 9.17) is 4.74 Å². The van der Waals surface area contributed by atoms with Gasteiger partial charge in [-0.3, -0.25) is 4.79 Å². The van der Waals surface area contributed by atoms with Crippen LogP contribution in [0.15, 0.2) is 53.6 Å². The number of ether oxygens (including phenoxy) is 1. The van der Waals surface area contributed by atoms with Gasteiger partial charge in [-0.1, -0.05) is 22.4 Å². The lowest BCUT2D eigenvalue weighted by Crippen LogP contribution is -2.49. The number of carbonyl (C=O) groups is 1. The second-order valence-corrected chi connectivity index (χ2v) is 7.99. The van der Waals surface area contributed by atoms with Crippen LogP contribution in [0.5, 0.6) is 5.88 Å². The van der Waals surface area contributed by atoms with Gasteiger partial charge in [0.2, 0.25) is 4.90 Å². The van der Waals surface area contributed by atoms with Crippen LogP contribution < -0.4 is 9.46 Å². The van der Waals surface area contributed by atoms with Gasteiger partial charge in [0.05, 0.1) is 13.1 Å². The van der Waals surface area contributed by atoms with E-state index in [-0.39, 0.29) is 23.2 Å². The van der Waals surface area contributed by atoms with Gasteiger partial charge in [-0.05, 0) is 18.2 Å². The van der Waals surface area contributed by atoms with E-state index in [0.29, 0.717) is 25.1 Å². The van der Waals surface area contributed by atoms with Gasteiger partial charge in [0, 0.05) is 30.8 Å². The highest BCUT2D eigenvalue weighted by atomic mass is 32.3. The van der Waals surface area contributed by atoms with E-state index in [1.807, 2.05) is 18.2 Å². The average molecular weight is 359 g/mol. The minimum atomic E-state index is -3.67. The number of carbonyl (C=O) groups excluding carboxylic acids is 1. The fourth-order valence-electron chi connectivity index (χ4n) is 3.21. The summed E-state index contributed by atoms with van der Waals surface area (Å²) in [5, 5.41) is 0. The quantitative estimate of drug-likeness (QED) is 0.774. The molecule has 2 unspecified atom stereocenters. The summed E-state index contributed by atoms with van der Waals surface area (Å²) in [5.41, 5.74) is -0.204. The molecule has 0 saturated carbocycles. The van der Waals surface area contributed by atoms with Crippen molar-refractivity contribution >= 4 is 16.3 Å². The van der Waals surface area contributed by atoms with Crippen LogP contribution >= 0.6 is 0 Å². The summed E-state index contributed by atoms with van der Waals surface area (Å²) >= 11 is 0. The number of hydrogen-bond acceptors (Lipinski definition) is 5. The van der Waals surface area contributed by atoms with Crippen molar-refractivity contribution in [2.75, 3.05) is 19.6 Å². The predicted molar refractivity (Wildman–Crippen MR) is 89.7 cm³/mol. The van der Waals surface area contributed by atoms with Gasteiger partial charge in [0.25, 0.3) is 11.8 Å². The summed E-state index contributed by atoms with van der Waals surface area (Å²) in [7, 11) is -3.67.